The summed E-state index contributed by atoms with van der Waals surface area (Å²) in [5, 5.41) is 2.89. The molecule has 5 heteroatoms. The molecule has 0 aliphatic rings. The molecule has 1 N–H and O–H groups in total. The molecule has 0 aliphatic heterocycles. The van der Waals surface area contributed by atoms with Crippen molar-refractivity contribution in [1.29, 1.82) is 0 Å². The number of rotatable bonds is 4. The van der Waals surface area contributed by atoms with Crippen molar-refractivity contribution in [3.05, 3.63) is 52.4 Å². The number of nitrogens with zero attached hydrogens (tertiary/aromatic N) is 1. The molecule has 0 radical (unpaired) electrons. The Labute approximate surface area is 113 Å². The van der Waals surface area contributed by atoms with Crippen LogP contribution in [-0.2, 0) is 6.54 Å². The van der Waals surface area contributed by atoms with Crippen LogP contribution in [0.15, 0.2) is 41.0 Å². The second-order valence-corrected chi connectivity index (χ2v) is 4.51. The molecule has 0 unspecified atom stereocenters. The number of ether oxygens (including phenoxy) is 1. The van der Waals surface area contributed by atoms with Crippen LogP contribution in [0.5, 0.6) is 11.6 Å². The monoisotopic (exact) mass is 310 g/mol. The lowest BCUT2D eigenvalue weighted by Gasteiger charge is -2.09. The minimum absolute atomic E-state index is 0.0188. The van der Waals surface area contributed by atoms with Gasteiger partial charge >= 0.3 is 0 Å². The number of nitrogens with one attached hydrogen (secondary N) is 1. The molecule has 0 bridgehead atoms. The van der Waals surface area contributed by atoms with E-state index in [0.29, 0.717) is 17.9 Å². The number of pyridine rings is 1. The van der Waals surface area contributed by atoms with Gasteiger partial charge in [-0.15, -0.1) is 0 Å². The van der Waals surface area contributed by atoms with Crippen LogP contribution in [0.1, 0.15) is 5.56 Å². The van der Waals surface area contributed by atoms with E-state index in [1.54, 1.807) is 19.2 Å². The molecule has 0 fully saturated rings. The van der Waals surface area contributed by atoms with E-state index in [9.17, 15) is 4.39 Å². The summed E-state index contributed by atoms with van der Waals surface area (Å²) < 4.78 is 20.3. The average Bonchev–Trinajstić information content (AvgIpc) is 2.37. The fraction of sp³-hybridized carbons (Fsp3) is 0.154. The number of hydrogen-bond donors (Lipinski definition) is 1. The van der Waals surface area contributed by atoms with E-state index in [1.165, 1.54) is 6.20 Å². The molecule has 0 amide bonds. The molecule has 0 aliphatic carbocycles. The Morgan fingerprint density at radius 2 is 2.11 bits per heavy atom. The summed E-state index contributed by atoms with van der Waals surface area (Å²) in [4.78, 5) is 3.91. The predicted molar refractivity (Wildman–Crippen MR) is 71.2 cm³/mol. The van der Waals surface area contributed by atoms with Crippen LogP contribution in [-0.4, -0.2) is 12.0 Å². The number of benzene rings is 1. The van der Waals surface area contributed by atoms with Crippen molar-refractivity contribution in [2.24, 2.45) is 0 Å². The summed E-state index contributed by atoms with van der Waals surface area (Å²) in [5.74, 6) is 0.0720. The molecule has 0 saturated heterocycles. The van der Waals surface area contributed by atoms with Crippen molar-refractivity contribution < 1.29 is 9.13 Å². The highest BCUT2D eigenvalue weighted by atomic mass is 79.9. The van der Waals surface area contributed by atoms with Crippen LogP contribution in [0.4, 0.5) is 4.39 Å². The lowest BCUT2D eigenvalue weighted by atomic mass is 10.2. The van der Waals surface area contributed by atoms with Crippen molar-refractivity contribution in [1.82, 2.24) is 10.3 Å². The second kappa shape index (κ2) is 5.93. The third-order valence-corrected chi connectivity index (χ3v) is 3.00. The van der Waals surface area contributed by atoms with Crippen LogP contribution in [0, 0.1) is 5.82 Å². The van der Waals surface area contributed by atoms with Gasteiger partial charge < -0.3 is 10.1 Å². The maximum absolute atomic E-state index is 14.0. The van der Waals surface area contributed by atoms with Gasteiger partial charge in [-0.3, -0.25) is 0 Å². The number of aromatic nitrogens is 1. The largest absolute Gasteiger partial charge is 0.435 e. The Hall–Kier alpha value is -1.46. The molecule has 0 spiro atoms. The van der Waals surface area contributed by atoms with Gasteiger partial charge in [-0.1, -0.05) is 12.1 Å². The number of para-hydroxylation sites is 1. The van der Waals surface area contributed by atoms with E-state index in [0.717, 1.165) is 4.47 Å². The van der Waals surface area contributed by atoms with Crippen molar-refractivity contribution >= 4 is 15.9 Å². The topological polar surface area (TPSA) is 34.2 Å². The van der Waals surface area contributed by atoms with Crippen LogP contribution in [0.2, 0.25) is 0 Å². The van der Waals surface area contributed by atoms with Crippen LogP contribution < -0.4 is 10.1 Å². The number of halogens is 2. The first-order valence-electron chi connectivity index (χ1n) is 5.42. The summed E-state index contributed by atoms with van der Waals surface area (Å²) >= 11 is 3.34. The molecule has 1 heterocycles. The van der Waals surface area contributed by atoms with Gasteiger partial charge in [-0.2, -0.15) is 0 Å². The average molecular weight is 311 g/mol. The Kier molecular flexibility index (Phi) is 4.28. The molecule has 94 valence electrons. The van der Waals surface area contributed by atoms with Crippen molar-refractivity contribution in [2.45, 2.75) is 6.54 Å². The molecule has 1 aromatic heterocycles. The maximum Gasteiger partial charge on any atom is 0.256 e. The Bertz CT molecular complexity index is 548. The van der Waals surface area contributed by atoms with Crippen molar-refractivity contribution in [2.75, 3.05) is 7.05 Å². The zero-order valence-corrected chi connectivity index (χ0v) is 11.4. The van der Waals surface area contributed by atoms with Gasteiger partial charge in [0.25, 0.3) is 5.88 Å². The normalized spacial score (nSPS) is 10.4. The highest BCUT2D eigenvalue weighted by Gasteiger charge is 2.12. The van der Waals surface area contributed by atoms with Gasteiger partial charge in [0.2, 0.25) is 0 Å². The summed E-state index contributed by atoms with van der Waals surface area (Å²) in [5.41, 5.74) is 0.523. The van der Waals surface area contributed by atoms with E-state index in [1.807, 2.05) is 18.2 Å². The van der Waals surface area contributed by atoms with Gasteiger partial charge in [0.15, 0.2) is 5.82 Å². The zero-order valence-electron chi connectivity index (χ0n) is 9.78. The molecule has 1 aromatic carbocycles. The predicted octanol–water partition coefficient (Wildman–Crippen LogP) is 3.49. The van der Waals surface area contributed by atoms with Crippen LogP contribution in [0.25, 0.3) is 0 Å². The van der Waals surface area contributed by atoms with Crippen molar-refractivity contribution in [3.63, 3.8) is 0 Å². The Morgan fingerprint density at radius 3 is 2.83 bits per heavy atom. The molecular formula is C13H12BrFN2O. The number of hydrogen-bond acceptors (Lipinski definition) is 3. The fourth-order valence-corrected chi connectivity index (χ4v) is 1.86. The fourth-order valence-electron chi connectivity index (χ4n) is 1.49. The summed E-state index contributed by atoms with van der Waals surface area (Å²) in [6, 6.07) is 8.87. The molecule has 2 rings (SSSR count). The standard InChI is InChI=1S/C13H12BrFN2O/c1-16-8-9-6-7-17-13(12(9)15)18-11-5-3-2-4-10(11)14/h2-7,16H,8H2,1H3. The first-order chi connectivity index (χ1) is 8.72. The van der Waals surface area contributed by atoms with E-state index in [-0.39, 0.29) is 5.88 Å². The summed E-state index contributed by atoms with van der Waals surface area (Å²) in [6.07, 6.45) is 1.53. The van der Waals surface area contributed by atoms with Gasteiger partial charge in [0.05, 0.1) is 4.47 Å². The minimum Gasteiger partial charge on any atom is -0.435 e. The first-order valence-corrected chi connectivity index (χ1v) is 6.22. The molecule has 18 heavy (non-hydrogen) atoms. The first kappa shape index (κ1) is 13.0. The van der Waals surface area contributed by atoms with Gasteiger partial charge in [-0.25, -0.2) is 9.37 Å². The summed E-state index contributed by atoms with van der Waals surface area (Å²) in [6.45, 7) is 0.431. The second-order valence-electron chi connectivity index (χ2n) is 3.65. The highest BCUT2D eigenvalue weighted by molar-refractivity contribution is 9.10. The highest BCUT2D eigenvalue weighted by Crippen LogP contribution is 2.30. The SMILES string of the molecule is CNCc1ccnc(Oc2ccccc2Br)c1F. The van der Waals surface area contributed by atoms with Gasteiger partial charge in [-0.05, 0) is 41.2 Å². The van der Waals surface area contributed by atoms with E-state index >= 15 is 0 Å². The smallest absolute Gasteiger partial charge is 0.256 e. The van der Waals surface area contributed by atoms with Crippen LogP contribution >= 0.6 is 15.9 Å². The lowest BCUT2D eigenvalue weighted by Crippen LogP contribution is -2.08. The molecule has 0 saturated carbocycles. The maximum atomic E-state index is 14.0. The zero-order chi connectivity index (χ0) is 13.0. The quantitative estimate of drug-likeness (QED) is 0.938. The lowest BCUT2D eigenvalue weighted by molar-refractivity contribution is 0.416. The van der Waals surface area contributed by atoms with E-state index in [4.69, 9.17) is 4.74 Å². The molecular weight excluding hydrogens is 299 g/mol. The van der Waals surface area contributed by atoms with Crippen LogP contribution in [0.3, 0.4) is 0 Å². The third-order valence-electron chi connectivity index (χ3n) is 2.35. The van der Waals surface area contributed by atoms with Gasteiger partial charge in [0.1, 0.15) is 5.75 Å². The minimum atomic E-state index is -0.442. The Balaban J connectivity index is 2.30. The summed E-state index contributed by atoms with van der Waals surface area (Å²) in [7, 11) is 1.76. The Morgan fingerprint density at radius 1 is 1.33 bits per heavy atom. The van der Waals surface area contributed by atoms with Crippen molar-refractivity contribution in [3.8, 4) is 11.6 Å². The molecule has 2 aromatic rings. The third kappa shape index (κ3) is 2.86. The van der Waals surface area contributed by atoms with Gasteiger partial charge in [0, 0.05) is 18.3 Å². The molecule has 3 nitrogen and oxygen atoms in total. The molecule has 0 atom stereocenters. The van der Waals surface area contributed by atoms with E-state index < -0.39 is 5.82 Å². The van der Waals surface area contributed by atoms with E-state index in [2.05, 4.69) is 26.2 Å².